The molecule has 18 heavy (non-hydrogen) atoms. The minimum atomic E-state index is -0.594. The van der Waals surface area contributed by atoms with Crippen molar-refractivity contribution in [3.63, 3.8) is 0 Å². The first-order valence-electron chi connectivity index (χ1n) is 6.98. The summed E-state index contributed by atoms with van der Waals surface area (Å²) in [5.74, 6) is 0.109. The molecule has 0 radical (unpaired) electrons. The smallest absolute Gasteiger partial charge is 0.236 e. The van der Waals surface area contributed by atoms with E-state index in [-0.39, 0.29) is 5.91 Å². The molecule has 5 nitrogen and oxygen atoms in total. The molecule has 1 heterocycles. The molecule has 0 aromatic heterocycles. The van der Waals surface area contributed by atoms with E-state index in [9.17, 15) is 9.90 Å². The van der Waals surface area contributed by atoms with E-state index in [1.165, 1.54) is 6.42 Å². The van der Waals surface area contributed by atoms with E-state index in [1.54, 1.807) is 0 Å². The number of nitrogens with one attached hydrogen (secondary N) is 1. The van der Waals surface area contributed by atoms with Crippen molar-refractivity contribution in [3.05, 3.63) is 0 Å². The molecule has 0 unspecified atom stereocenters. The van der Waals surface area contributed by atoms with Crippen LogP contribution in [0, 0.1) is 0 Å². The Balaban J connectivity index is 1.66. The summed E-state index contributed by atoms with van der Waals surface area (Å²) in [6.07, 6.45) is 5.11. The van der Waals surface area contributed by atoms with Gasteiger partial charge in [0, 0.05) is 19.6 Å². The summed E-state index contributed by atoms with van der Waals surface area (Å²) >= 11 is 0. The van der Waals surface area contributed by atoms with Gasteiger partial charge in [0.2, 0.25) is 5.91 Å². The molecular formula is C13H24N2O3. The summed E-state index contributed by atoms with van der Waals surface area (Å²) in [7, 11) is 0. The average Bonchev–Trinajstić information content (AvgIpc) is 2.40. The summed E-state index contributed by atoms with van der Waals surface area (Å²) in [6.45, 7) is 3.49. The predicted octanol–water partition coefficient (Wildman–Crippen LogP) is 0.130. The van der Waals surface area contributed by atoms with Crippen LogP contribution in [-0.4, -0.2) is 60.9 Å². The molecular weight excluding hydrogens is 232 g/mol. The minimum absolute atomic E-state index is 0.109. The molecule has 5 heteroatoms. The Labute approximate surface area is 108 Å². The quantitative estimate of drug-likeness (QED) is 0.750. The number of ether oxygens (including phenoxy) is 1. The summed E-state index contributed by atoms with van der Waals surface area (Å²) in [5, 5.41) is 13.4. The second-order valence-electron chi connectivity index (χ2n) is 5.38. The Morgan fingerprint density at radius 1 is 1.22 bits per heavy atom. The summed E-state index contributed by atoms with van der Waals surface area (Å²) in [4.78, 5) is 13.7. The summed E-state index contributed by atoms with van der Waals surface area (Å²) in [5.41, 5.74) is -0.594. The summed E-state index contributed by atoms with van der Waals surface area (Å²) in [6, 6.07) is 0. The van der Waals surface area contributed by atoms with Crippen molar-refractivity contribution in [2.75, 3.05) is 39.4 Å². The molecule has 1 aliphatic heterocycles. The van der Waals surface area contributed by atoms with Crippen molar-refractivity contribution in [2.45, 2.75) is 37.7 Å². The zero-order valence-electron chi connectivity index (χ0n) is 11.0. The Morgan fingerprint density at radius 2 is 1.89 bits per heavy atom. The topological polar surface area (TPSA) is 61.8 Å². The zero-order valence-corrected chi connectivity index (χ0v) is 11.0. The van der Waals surface area contributed by atoms with E-state index in [0.717, 1.165) is 25.7 Å². The van der Waals surface area contributed by atoms with Gasteiger partial charge in [0.25, 0.3) is 0 Å². The van der Waals surface area contributed by atoms with Crippen LogP contribution >= 0.6 is 0 Å². The zero-order chi connectivity index (χ0) is 12.8. The molecule has 1 saturated heterocycles. The fourth-order valence-electron chi connectivity index (χ4n) is 2.71. The van der Waals surface area contributed by atoms with E-state index in [0.29, 0.717) is 39.4 Å². The van der Waals surface area contributed by atoms with Gasteiger partial charge in [-0.3, -0.25) is 4.79 Å². The van der Waals surface area contributed by atoms with Crippen molar-refractivity contribution in [2.24, 2.45) is 0 Å². The van der Waals surface area contributed by atoms with Crippen LogP contribution in [0.15, 0.2) is 0 Å². The van der Waals surface area contributed by atoms with Crippen LogP contribution in [0.25, 0.3) is 0 Å². The second-order valence-corrected chi connectivity index (χ2v) is 5.38. The largest absolute Gasteiger partial charge is 0.389 e. The van der Waals surface area contributed by atoms with Gasteiger partial charge >= 0.3 is 0 Å². The van der Waals surface area contributed by atoms with Crippen LogP contribution in [0.1, 0.15) is 32.1 Å². The lowest BCUT2D eigenvalue weighted by Gasteiger charge is -2.33. The number of carbonyl (C=O) groups is 1. The Morgan fingerprint density at radius 3 is 2.56 bits per heavy atom. The first-order chi connectivity index (χ1) is 8.70. The first kappa shape index (κ1) is 13.8. The summed E-state index contributed by atoms with van der Waals surface area (Å²) < 4.78 is 5.21. The minimum Gasteiger partial charge on any atom is -0.389 e. The molecule has 2 rings (SSSR count). The number of carbonyl (C=O) groups excluding carboxylic acids is 1. The van der Waals surface area contributed by atoms with Crippen molar-refractivity contribution in [1.29, 1.82) is 0 Å². The van der Waals surface area contributed by atoms with Gasteiger partial charge in [0.15, 0.2) is 0 Å². The van der Waals surface area contributed by atoms with Crippen LogP contribution in [0.5, 0.6) is 0 Å². The van der Waals surface area contributed by atoms with Crippen molar-refractivity contribution in [1.82, 2.24) is 10.2 Å². The molecule has 0 bridgehead atoms. The van der Waals surface area contributed by atoms with Crippen LogP contribution < -0.4 is 5.32 Å². The van der Waals surface area contributed by atoms with Crippen LogP contribution in [0.3, 0.4) is 0 Å². The van der Waals surface area contributed by atoms with Crippen molar-refractivity contribution < 1.29 is 14.6 Å². The Bertz CT molecular complexity index is 271. The van der Waals surface area contributed by atoms with Gasteiger partial charge in [-0.25, -0.2) is 0 Å². The van der Waals surface area contributed by atoms with Gasteiger partial charge in [-0.1, -0.05) is 19.3 Å². The molecule has 1 aliphatic carbocycles. The molecule has 0 aromatic rings. The highest BCUT2D eigenvalue weighted by Crippen LogP contribution is 2.27. The molecule has 0 aromatic carbocycles. The van der Waals surface area contributed by atoms with Crippen molar-refractivity contribution >= 4 is 5.91 Å². The number of morpholine rings is 1. The third kappa shape index (κ3) is 3.93. The van der Waals surface area contributed by atoms with Gasteiger partial charge in [-0.05, 0) is 12.8 Å². The Hall–Kier alpha value is -0.650. The van der Waals surface area contributed by atoms with E-state index in [2.05, 4.69) is 5.32 Å². The lowest BCUT2D eigenvalue weighted by Crippen LogP contribution is -2.48. The number of hydrogen-bond acceptors (Lipinski definition) is 4. The predicted molar refractivity (Wildman–Crippen MR) is 68.3 cm³/mol. The molecule has 0 atom stereocenters. The van der Waals surface area contributed by atoms with E-state index >= 15 is 0 Å². The van der Waals surface area contributed by atoms with Crippen molar-refractivity contribution in [3.8, 4) is 0 Å². The van der Waals surface area contributed by atoms with Gasteiger partial charge in [0.1, 0.15) is 0 Å². The maximum atomic E-state index is 11.9. The van der Waals surface area contributed by atoms with Gasteiger partial charge in [-0.15, -0.1) is 0 Å². The van der Waals surface area contributed by atoms with Gasteiger partial charge in [-0.2, -0.15) is 0 Å². The highest BCUT2D eigenvalue weighted by atomic mass is 16.5. The highest BCUT2D eigenvalue weighted by Gasteiger charge is 2.29. The number of aliphatic hydroxyl groups is 1. The number of nitrogens with zero attached hydrogens (tertiary/aromatic N) is 1. The monoisotopic (exact) mass is 256 g/mol. The third-order valence-corrected chi connectivity index (χ3v) is 3.88. The average molecular weight is 256 g/mol. The Kier molecular flexibility index (Phi) is 4.97. The lowest BCUT2D eigenvalue weighted by molar-refractivity contribution is -0.134. The van der Waals surface area contributed by atoms with Crippen LogP contribution in [-0.2, 0) is 9.53 Å². The normalized spacial score (nSPS) is 23.9. The van der Waals surface area contributed by atoms with Crippen LogP contribution in [0.4, 0.5) is 0 Å². The molecule has 1 amide bonds. The second kappa shape index (κ2) is 6.50. The fourth-order valence-corrected chi connectivity index (χ4v) is 2.71. The van der Waals surface area contributed by atoms with Gasteiger partial charge in [0.05, 0.1) is 25.4 Å². The number of amides is 1. The molecule has 2 aliphatic rings. The molecule has 0 spiro atoms. The number of hydrogen-bond donors (Lipinski definition) is 2. The van der Waals surface area contributed by atoms with E-state index in [4.69, 9.17) is 4.74 Å². The van der Waals surface area contributed by atoms with E-state index in [1.807, 2.05) is 4.90 Å². The molecule has 1 saturated carbocycles. The lowest BCUT2D eigenvalue weighted by atomic mass is 9.85. The molecule has 2 fully saturated rings. The standard InChI is InChI=1S/C13H24N2O3/c16-12(15-6-8-18-9-7-15)10-14-11-13(17)4-2-1-3-5-13/h14,17H,1-11H2. The maximum absolute atomic E-state index is 11.9. The number of rotatable bonds is 4. The van der Waals surface area contributed by atoms with Gasteiger partial charge < -0.3 is 20.1 Å². The maximum Gasteiger partial charge on any atom is 0.236 e. The fraction of sp³-hybridized carbons (Fsp3) is 0.923. The third-order valence-electron chi connectivity index (χ3n) is 3.88. The molecule has 2 N–H and O–H groups in total. The highest BCUT2D eigenvalue weighted by molar-refractivity contribution is 5.78. The van der Waals surface area contributed by atoms with E-state index < -0.39 is 5.60 Å². The van der Waals surface area contributed by atoms with Crippen LogP contribution in [0.2, 0.25) is 0 Å². The SMILES string of the molecule is O=C(CNCC1(O)CCCCC1)N1CCOCC1. The molecule has 104 valence electrons. The first-order valence-corrected chi connectivity index (χ1v) is 6.98.